The zero-order valence-electron chi connectivity index (χ0n) is 10.7. The van der Waals surface area contributed by atoms with Gasteiger partial charge in [-0.3, -0.25) is 9.00 Å². The minimum atomic E-state index is -1.14. The molecule has 0 saturated heterocycles. The van der Waals surface area contributed by atoms with Crippen LogP contribution in [0.1, 0.15) is 12.8 Å². The lowest BCUT2D eigenvalue weighted by Gasteiger charge is -2.18. The van der Waals surface area contributed by atoms with Gasteiger partial charge < -0.3 is 14.2 Å². The summed E-state index contributed by atoms with van der Waals surface area (Å²) in [6, 6.07) is 5.27. The predicted octanol–water partition coefficient (Wildman–Crippen LogP) is 1.52. The fraction of sp³-hybridized carbons (Fsp3) is 0.462. The van der Waals surface area contributed by atoms with E-state index in [1.807, 2.05) is 0 Å². The number of ether oxygens (including phenoxy) is 3. The van der Waals surface area contributed by atoms with Crippen molar-refractivity contribution in [2.75, 3.05) is 26.1 Å². The molecule has 104 valence electrons. The van der Waals surface area contributed by atoms with Gasteiger partial charge in [-0.15, -0.1) is 0 Å². The van der Waals surface area contributed by atoms with Crippen molar-refractivity contribution >= 4 is 16.8 Å². The van der Waals surface area contributed by atoms with Crippen LogP contribution in [0.5, 0.6) is 11.5 Å². The molecule has 0 radical (unpaired) electrons. The fourth-order valence-corrected chi connectivity index (χ4v) is 2.83. The zero-order valence-corrected chi connectivity index (χ0v) is 11.5. The van der Waals surface area contributed by atoms with Crippen molar-refractivity contribution in [3.63, 3.8) is 0 Å². The van der Waals surface area contributed by atoms with Crippen LogP contribution >= 0.6 is 0 Å². The number of carbonyl (C=O) groups excluding carboxylic acids is 1. The molecule has 6 heteroatoms. The number of esters is 1. The number of methoxy groups -OCH3 is 1. The number of fused-ring (bicyclic) bond motifs is 1. The highest BCUT2D eigenvalue weighted by Crippen LogP contribution is 2.31. The number of hydrogen-bond acceptors (Lipinski definition) is 5. The smallest absolute Gasteiger partial charge is 0.305 e. The van der Waals surface area contributed by atoms with Gasteiger partial charge in [-0.1, -0.05) is 0 Å². The van der Waals surface area contributed by atoms with Crippen LogP contribution in [0.2, 0.25) is 0 Å². The molecular formula is C13H16O5S. The van der Waals surface area contributed by atoms with E-state index in [1.54, 1.807) is 18.2 Å². The molecule has 5 nitrogen and oxygen atoms in total. The summed E-state index contributed by atoms with van der Waals surface area (Å²) in [7, 11) is 0.204. The van der Waals surface area contributed by atoms with E-state index < -0.39 is 10.8 Å². The number of benzene rings is 1. The molecule has 1 unspecified atom stereocenters. The van der Waals surface area contributed by atoms with Crippen LogP contribution in [-0.2, 0) is 20.3 Å². The van der Waals surface area contributed by atoms with Gasteiger partial charge in [0.25, 0.3) is 0 Å². The standard InChI is InChI=1S/C13H16O5S/c1-16-13(14)3-2-8-19(15)10-4-5-11-12(9-10)18-7-6-17-11/h4-5,9H,2-3,6-8H2,1H3. The number of carbonyl (C=O) groups is 1. The van der Waals surface area contributed by atoms with Crippen LogP contribution in [-0.4, -0.2) is 36.3 Å². The Balaban J connectivity index is 1.94. The van der Waals surface area contributed by atoms with Crippen molar-refractivity contribution in [1.82, 2.24) is 0 Å². The summed E-state index contributed by atoms with van der Waals surface area (Å²) in [5.74, 6) is 1.46. The van der Waals surface area contributed by atoms with Crippen molar-refractivity contribution < 1.29 is 23.2 Å². The normalized spacial score (nSPS) is 14.8. The van der Waals surface area contributed by atoms with Crippen LogP contribution in [0.15, 0.2) is 23.1 Å². The van der Waals surface area contributed by atoms with Gasteiger partial charge in [0.2, 0.25) is 0 Å². The first-order valence-corrected chi connectivity index (χ1v) is 7.37. The summed E-state index contributed by atoms with van der Waals surface area (Å²) in [5, 5.41) is 0. The van der Waals surface area contributed by atoms with E-state index >= 15 is 0 Å². The van der Waals surface area contributed by atoms with Crippen molar-refractivity contribution in [3.8, 4) is 11.5 Å². The lowest BCUT2D eigenvalue weighted by atomic mass is 10.3. The van der Waals surface area contributed by atoms with Crippen LogP contribution in [0, 0.1) is 0 Å². The first-order valence-electron chi connectivity index (χ1n) is 6.05. The van der Waals surface area contributed by atoms with Gasteiger partial charge in [-0.2, -0.15) is 0 Å². The second kappa shape index (κ2) is 6.56. The van der Waals surface area contributed by atoms with Gasteiger partial charge in [-0.05, 0) is 18.6 Å². The maximum Gasteiger partial charge on any atom is 0.305 e. The molecule has 0 fully saturated rings. The van der Waals surface area contributed by atoms with Crippen molar-refractivity contribution in [2.24, 2.45) is 0 Å². The highest BCUT2D eigenvalue weighted by Gasteiger charge is 2.14. The Morgan fingerprint density at radius 3 is 2.79 bits per heavy atom. The highest BCUT2D eigenvalue weighted by molar-refractivity contribution is 7.85. The SMILES string of the molecule is COC(=O)CCCS(=O)c1ccc2c(c1)OCCO2. The average molecular weight is 284 g/mol. The Morgan fingerprint density at radius 2 is 2.05 bits per heavy atom. The molecule has 2 rings (SSSR count). The van der Waals surface area contributed by atoms with Crippen molar-refractivity contribution in [2.45, 2.75) is 17.7 Å². The molecule has 19 heavy (non-hydrogen) atoms. The second-order valence-corrected chi connectivity index (χ2v) is 5.61. The number of rotatable bonds is 5. The molecule has 0 bridgehead atoms. The second-order valence-electron chi connectivity index (χ2n) is 4.03. The summed E-state index contributed by atoms with van der Waals surface area (Å²) in [4.78, 5) is 11.7. The minimum Gasteiger partial charge on any atom is -0.486 e. The monoisotopic (exact) mass is 284 g/mol. The van der Waals surface area contributed by atoms with Gasteiger partial charge in [-0.25, -0.2) is 0 Å². The van der Waals surface area contributed by atoms with E-state index in [1.165, 1.54) is 7.11 Å². The molecule has 0 N–H and O–H groups in total. The lowest BCUT2D eigenvalue weighted by molar-refractivity contribution is -0.140. The topological polar surface area (TPSA) is 61.8 Å². The zero-order chi connectivity index (χ0) is 13.7. The van der Waals surface area contributed by atoms with Crippen molar-refractivity contribution in [1.29, 1.82) is 0 Å². The minimum absolute atomic E-state index is 0.279. The molecule has 0 saturated carbocycles. The van der Waals surface area contributed by atoms with E-state index in [2.05, 4.69) is 4.74 Å². The van der Waals surface area contributed by atoms with Crippen molar-refractivity contribution in [3.05, 3.63) is 18.2 Å². The van der Waals surface area contributed by atoms with E-state index in [4.69, 9.17) is 9.47 Å². The molecule has 1 atom stereocenters. The van der Waals surface area contributed by atoms with Gasteiger partial charge in [0, 0.05) is 23.1 Å². The maximum atomic E-state index is 12.1. The van der Waals surface area contributed by atoms with Crippen LogP contribution in [0.25, 0.3) is 0 Å². The lowest BCUT2D eigenvalue weighted by Crippen LogP contribution is -2.15. The van der Waals surface area contributed by atoms with Crippen LogP contribution in [0.3, 0.4) is 0 Å². The van der Waals surface area contributed by atoms with E-state index in [0.717, 1.165) is 0 Å². The molecule has 1 aliphatic rings. The quantitative estimate of drug-likeness (QED) is 0.767. The molecule has 0 spiro atoms. The molecule has 1 aliphatic heterocycles. The van der Waals surface area contributed by atoms with E-state index in [9.17, 15) is 9.00 Å². The molecule has 1 aromatic carbocycles. The van der Waals surface area contributed by atoms with Gasteiger partial charge >= 0.3 is 5.97 Å². The summed E-state index contributed by atoms with van der Waals surface area (Å²) in [6.07, 6.45) is 0.820. The fourth-order valence-electron chi connectivity index (χ4n) is 1.73. The van der Waals surface area contributed by atoms with Crippen LogP contribution in [0.4, 0.5) is 0 Å². The summed E-state index contributed by atoms with van der Waals surface area (Å²) < 4.78 is 27.4. The van der Waals surface area contributed by atoms with Gasteiger partial charge in [0.05, 0.1) is 17.9 Å². The Hall–Kier alpha value is -1.56. The third kappa shape index (κ3) is 3.70. The Morgan fingerprint density at radius 1 is 1.32 bits per heavy atom. The molecule has 0 aliphatic carbocycles. The summed E-state index contributed by atoms with van der Waals surface area (Å²) >= 11 is 0. The van der Waals surface area contributed by atoms with Gasteiger partial charge in [0.15, 0.2) is 11.5 Å². The third-order valence-electron chi connectivity index (χ3n) is 2.71. The molecule has 0 aromatic heterocycles. The predicted molar refractivity (Wildman–Crippen MR) is 70.0 cm³/mol. The Bertz CT molecular complexity index is 486. The Kier molecular flexibility index (Phi) is 4.79. The number of hydrogen-bond donors (Lipinski definition) is 0. The molecule has 1 aromatic rings. The summed E-state index contributed by atoms with van der Waals surface area (Å²) in [5.41, 5.74) is 0. The van der Waals surface area contributed by atoms with Gasteiger partial charge in [0.1, 0.15) is 13.2 Å². The summed E-state index contributed by atoms with van der Waals surface area (Å²) in [6.45, 7) is 1.04. The maximum absolute atomic E-state index is 12.1. The molecule has 1 heterocycles. The highest BCUT2D eigenvalue weighted by atomic mass is 32.2. The Labute approximate surface area is 114 Å². The first-order chi connectivity index (χ1) is 9.20. The van der Waals surface area contributed by atoms with E-state index in [0.29, 0.717) is 41.8 Å². The van der Waals surface area contributed by atoms with Crippen LogP contribution < -0.4 is 9.47 Å². The first kappa shape index (κ1) is 13.9. The molecule has 0 amide bonds. The largest absolute Gasteiger partial charge is 0.486 e. The molecular weight excluding hydrogens is 268 g/mol. The van der Waals surface area contributed by atoms with E-state index in [-0.39, 0.29) is 12.4 Å². The average Bonchev–Trinajstić information content (AvgIpc) is 2.46. The third-order valence-corrected chi connectivity index (χ3v) is 4.15.